The number of unbranched alkanes of at least 4 members (excludes halogenated alkanes) is 1. The van der Waals surface area contributed by atoms with E-state index in [1.54, 1.807) is 0 Å². The zero-order valence-electron chi connectivity index (χ0n) is 11.3. The highest BCUT2D eigenvalue weighted by atomic mass is 35.5. The number of nitrogens with one attached hydrogen (secondary N) is 2. The maximum Gasteiger partial charge on any atom is 0.319 e. The maximum absolute atomic E-state index is 11.5. The predicted molar refractivity (Wildman–Crippen MR) is 80.9 cm³/mol. The summed E-state index contributed by atoms with van der Waals surface area (Å²) in [6.45, 7) is 0.431. The van der Waals surface area contributed by atoms with Crippen LogP contribution in [0.4, 0.5) is 10.5 Å². The van der Waals surface area contributed by atoms with Gasteiger partial charge in [-0.05, 0) is 37.0 Å². The summed E-state index contributed by atoms with van der Waals surface area (Å²) < 4.78 is 0. The number of halogens is 1. The van der Waals surface area contributed by atoms with Crippen molar-refractivity contribution in [1.82, 2.24) is 5.32 Å². The maximum atomic E-state index is 11.5. The minimum atomic E-state index is -0.267. The highest BCUT2D eigenvalue weighted by Crippen LogP contribution is 2.13. The molecule has 1 aromatic rings. The third-order valence-corrected chi connectivity index (χ3v) is 2.89. The summed E-state index contributed by atoms with van der Waals surface area (Å²) in [5, 5.41) is 5.37. The van der Waals surface area contributed by atoms with Crippen molar-refractivity contribution < 1.29 is 9.59 Å². The molecule has 3 amide bonds. The van der Waals surface area contributed by atoms with Crippen LogP contribution in [0.2, 0.25) is 0 Å². The molecule has 1 rings (SSSR count). The van der Waals surface area contributed by atoms with Crippen LogP contribution in [-0.4, -0.2) is 24.4 Å². The second-order valence-electron chi connectivity index (χ2n) is 4.44. The van der Waals surface area contributed by atoms with Crippen LogP contribution in [0.1, 0.15) is 24.8 Å². The van der Waals surface area contributed by atoms with Crippen molar-refractivity contribution in [3.8, 4) is 0 Å². The van der Waals surface area contributed by atoms with Crippen LogP contribution in [0, 0.1) is 0 Å². The number of rotatable bonds is 8. The molecular weight excluding hydrogens is 278 g/mol. The van der Waals surface area contributed by atoms with Crippen LogP contribution < -0.4 is 16.4 Å². The fraction of sp³-hybridized carbons (Fsp3) is 0.429. The number of benzene rings is 1. The van der Waals surface area contributed by atoms with Gasteiger partial charge >= 0.3 is 6.03 Å². The van der Waals surface area contributed by atoms with Gasteiger partial charge in [-0.2, -0.15) is 0 Å². The Hall–Kier alpha value is -1.75. The molecular formula is C14H20ClN3O2. The summed E-state index contributed by atoms with van der Waals surface area (Å²) >= 11 is 5.49. The zero-order chi connectivity index (χ0) is 14.8. The molecule has 0 aliphatic heterocycles. The molecule has 0 bridgehead atoms. The SMILES string of the molecule is NC(=O)CCCCc1cccc(NC(=O)NCCCl)c1. The highest BCUT2D eigenvalue weighted by molar-refractivity contribution is 6.18. The minimum absolute atomic E-state index is 0.267. The molecule has 0 saturated heterocycles. The highest BCUT2D eigenvalue weighted by Gasteiger charge is 2.02. The number of hydrogen-bond acceptors (Lipinski definition) is 2. The van der Waals surface area contributed by atoms with Crippen molar-refractivity contribution in [3.05, 3.63) is 29.8 Å². The molecule has 4 N–H and O–H groups in total. The van der Waals surface area contributed by atoms with Gasteiger partial charge in [0.2, 0.25) is 5.91 Å². The van der Waals surface area contributed by atoms with E-state index < -0.39 is 0 Å². The smallest absolute Gasteiger partial charge is 0.319 e. The fourth-order valence-electron chi connectivity index (χ4n) is 1.77. The van der Waals surface area contributed by atoms with E-state index >= 15 is 0 Å². The Morgan fingerprint density at radius 3 is 2.75 bits per heavy atom. The number of carbonyl (C=O) groups is 2. The average molecular weight is 298 g/mol. The minimum Gasteiger partial charge on any atom is -0.370 e. The molecule has 20 heavy (non-hydrogen) atoms. The lowest BCUT2D eigenvalue weighted by atomic mass is 10.1. The third kappa shape index (κ3) is 6.99. The molecule has 0 aliphatic rings. The molecule has 0 aromatic heterocycles. The van der Waals surface area contributed by atoms with Gasteiger partial charge in [0.25, 0.3) is 0 Å². The first-order valence-corrected chi connectivity index (χ1v) is 7.13. The summed E-state index contributed by atoms with van der Waals surface area (Å²) in [7, 11) is 0. The molecule has 6 heteroatoms. The predicted octanol–water partition coefficient (Wildman–Crippen LogP) is 2.24. The van der Waals surface area contributed by atoms with Gasteiger partial charge in [-0.1, -0.05) is 12.1 Å². The molecule has 0 fully saturated rings. The number of carbonyl (C=O) groups excluding carboxylic acids is 2. The van der Waals surface area contributed by atoms with E-state index in [4.69, 9.17) is 17.3 Å². The van der Waals surface area contributed by atoms with Crippen LogP contribution in [-0.2, 0) is 11.2 Å². The van der Waals surface area contributed by atoms with Crippen molar-refractivity contribution in [3.63, 3.8) is 0 Å². The molecule has 0 heterocycles. The Morgan fingerprint density at radius 1 is 1.25 bits per heavy atom. The van der Waals surface area contributed by atoms with Crippen LogP contribution >= 0.6 is 11.6 Å². The lowest BCUT2D eigenvalue weighted by Gasteiger charge is -2.08. The monoisotopic (exact) mass is 297 g/mol. The van der Waals surface area contributed by atoms with Crippen molar-refractivity contribution in [2.45, 2.75) is 25.7 Å². The Bertz CT molecular complexity index is 452. The molecule has 110 valence electrons. The van der Waals surface area contributed by atoms with Gasteiger partial charge in [0.05, 0.1) is 0 Å². The normalized spacial score (nSPS) is 10.1. The van der Waals surface area contributed by atoms with Gasteiger partial charge in [-0.15, -0.1) is 11.6 Å². The van der Waals surface area contributed by atoms with Crippen molar-refractivity contribution in [1.29, 1.82) is 0 Å². The molecule has 0 radical (unpaired) electrons. The molecule has 0 saturated carbocycles. The van der Waals surface area contributed by atoms with Crippen LogP contribution in [0.3, 0.4) is 0 Å². The van der Waals surface area contributed by atoms with E-state index in [0.717, 1.165) is 30.5 Å². The average Bonchev–Trinajstić information content (AvgIpc) is 2.41. The lowest BCUT2D eigenvalue weighted by molar-refractivity contribution is -0.118. The zero-order valence-corrected chi connectivity index (χ0v) is 12.1. The Kier molecular flexibility index (Phi) is 7.50. The first-order valence-electron chi connectivity index (χ1n) is 6.60. The quantitative estimate of drug-likeness (QED) is 0.508. The number of amides is 3. The largest absolute Gasteiger partial charge is 0.370 e. The van der Waals surface area contributed by atoms with Crippen molar-refractivity contribution in [2.75, 3.05) is 17.7 Å². The van der Waals surface area contributed by atoms with Gasteiger partial charge in [0.15, 0.2) is 0 Å². The first-order chi connectivity index (χ1) is 9.61. The van der Waals surface area contributed by atoms with Gasteiger partial charge in [0, 0.05) is 24.5 Å². The van der Waals surface area contributed by atoms with Crippen LogP contribution in [0.5, 0.6) is 0 Å². The molecule has 0 spiro atoms. The van der Waals surface area contributed by atoms with E-state index in [-0.39, 0.29) is 11.9 Å². The summed E-state index contributed by atoms with van der Waals surface area (Å²) in [5.41, 5.74) is 6.94. The van der Waals surface area contributed by atoms with Crippen LogP contribution in [0.25, 0.3) is 0 Å². The standard InChI is InChI=1S/C14H20ClN3O2/c15-8-9-17-14(20)18-12-6-3-5-11(10-12)4-1-2-7-13(16)19/h3,5-6,10H,1-2,4,7-9H2,(H2,16,19)(H2,17,18,20). The second-order valence-corrected chi connectivity index (χ2v) is 4.82. The fourth-order valence-corrected chi connectivity index (χ4v) is 1.86. The van der Waals surface area contributed by atoms with E-state index in [1.165, 1.54) is 0 Å². The van der Waals surface area contributed by atoms with E-state index in [9.17, 15) is 9.59 Å². The summed E-state index contributed by atoms with van der Waals surface area (Å²) in [6.07, 6.45) is 2.94. The number of anilines is 1. The molecule has 0 unspecified atom stereocenters. The number of primary amides is 1. The number of nitrogens with two attached hydrogens (primary N) is 1. The van der Waals surface area contributed by atoms with Gasteiger partial charge < -0.3 is 16.4 Å². The Labute approximate surface area is 123 Å². The van der Waals surface area contributed by atoms with Crippen LogP contribution in [0.15, 0.2) is 24.3 Å². The summed E-state index contributed by atoms with van der Waals surface area (Å²) in [6, 6.07) is 7.36. The number of alkyl halides is 1. The Morgan fingerprint density at radius 2 is 2.05 bits per heavy atom. The molecule has 0 atom stereocenters. The van der Waals surface area contributed by atoms with Gasteiger partial charge in [-0.25, -0.2) is 4.79 Å². The number of hydrogen-bond donors (Lipinski definition) is 3. The first kappa shape index (κ1) is 16.3. The van der Waals surface area contributed by atoms with E-state index in [1.807, 2.05) is 24.3 Å². The summed E-state index contributed by atoms with van der Waals surface area (Å²) in [5.74, 6) is 0.115. The Balaban J connectivity index is 2.40. The van der Waals surface area contributed by atoms with Gasteiger partial charge in [0.1, 0.15) is 0 Å². The van der Waals surface area contributed by atoms with Crippen molar-refractivity contribution >= 4 is 29.2 Å². The lowest BCUT2D eigenvalue weighted by Crippen LogP contribution is -2.30. The number of aryl methyl sites for hydroxylation is 1. The van der Waals surface area contributed by atoms with E-state index in [2.05, 4.69) is 10.6 Å². The van der Waals surface area contributed by atoms with E-state index in [0.29, 0.717) is 18.8 Å². The molecule has 1 aromatic carbocycles. The molecule has 5 nitrogen and oxygen atoms in total. The molecule has 0 aliphatic carbocycles. The second kappa shape index (κ2) is 9.20. The van der Waals surface area contributed by atoms with Crippen molar-refractivity contribution in [2.24, 2.45) is 5.73 Å². The van der Waals surface area contributed by atoms with Gasteiger partial charge in [-0.3, -0.25) is 4.79 Å². The topological polar surface area (TPSA) is 84.2 Å². The summed E-state index contributed by atoms with van der Waals surface area (Å²) in [4.78, 5) is 22.1. The third-order valence-electron chi connectivity index (χ3n) is 2.70. The number of urea groups is 1.